The van der Waals surface area contributed by atoms with Gasteiger partial charge in [0.15, 0.2) is 0 Å². The predicted octanol–water partition coefficient (Wildman–Crippen LogP) is 3.47. The standard InChI is InChI=1S/C24H25N5O2S/c1-28-19(9-15-13-26-22-18(21(15)28)4-6-25-22)23(31)29-7-5-24(14-29)11-16(12-24)27-20(30)10-17-3-2-8-32-17/h2-4,6,8-9,13,16H,5,7,10-12,14H2,1H3,(H,25,26)(H,27,30). The smallest absolute Gasteiger partial charge is 0.270 e. The number of carbonyl (C=O) groups is 2. The van der Waals surface area contributed by atoms with Crippen molar-refractivity contribution in [1.82, 2.24) is 24.8 Å². The van der Waals surface area contributed by atoms with E-state index in [0.717, 1.165) is 59.2 Å². The summed E-state index contributed by atoms with van der Waals surface area (Å²) in [5.74, 6) is 0.174. The third kappa shape index (κ3) is 3.12. The minimum Gasteiger partial charge on any atom is -0.353 e. The van der Waals surface area contributed by atoms with Gasteiger partial charge in [-0.15, -0.1) is 11.3 Å². The van der Waals surface area contributed by atoms with Crippen molar-refractivity contribution in [2.75, 3.05) is 13.1 Å². The summed E-state index contributed by atoms with van der Waals surface area (Å²) in [7, 11) is 1.95. The van der Waals surface area contributed by atoms with Gasteiger partial charge in [-0.2, -0.15) is 0 Å². The SMILES string of the molecule is Cn1c(C(=O)N2CCC3(CC(NC(=O)Cc4cccs4)C3)C2)cc2cnc3[nH]ccc3c21. The minimum absolute atomic E-state index is 0.0782. The number of hydrogen-bond acceptors (Lipinski definition) is 4. The lowest BCUT2D eigenvalue weighted by molar-refractivity contribution is -0.122. The van der Waals surface area contributed by atoms with E-state index in [9.17, 15) is 9.59 Å². The van der Waals surface area contributed by atoms with Gasteiger partial charge in [0, 0.05) is 54.2 Å². The van der Waals surface area contributed by atoms with Crippen molar-refractivity contribution < 1.29 is 9.59 Å². The van der Waals surface area contributed by atoms with Crippen LogP contribution in [0, 0.1) is 5.41 Å². The molecule has 8 heteroatoms. The number of aromatic nitrogens is 3. The molecule has 1 saturated carbocycles. The molecule has 164 valence electrons. The van der Waals surface area contributed by atoms with Gasteiger partial charge in [-0.25, -0.2) is 4.98 Å². The zero-order valence-electron chi connectivity index (χ0n) is 17.9. The predicted molar refractivity (Wildman–Crippen MR) is 125 cm³/mol. The van der Waals surface area contributed by atoms with Crippen molar-refractivity contribution in [2.24, 2.45) is 12.5 Å². The zero-order chi connectivity index (χ0) is 21.9. The molecule has 4 aromatic rings. The molecule has 5 heterocycles. The second-order valence-corrected chi connectivity index (χ2v) is 10.3. The first-order valence-electron chi connectivity index (χ1n) is 11.0. The van der Waals surface area contributed by atoms with E-state index in [2.05, 4.69) is 15.3 Å². The number of carbonyl (C=O) groups excluding carboxylic acids is 2. The Hall–Kier alpha value is -3.13. The monoisotopic (exact) mass is 447 g/mol. The summed E-state index contributed by atoms with van der Waals surface area (Å²) in [4.78, 5) is 36.3. The summed E-state index contributed by atoms with van der Waals surface area (Å²) in [6.07, 6.45) is 7.07. The maximum absolute atomic E-state index is 13.4. The number of pyridine rings is 1. The molecule has 6 rings (SSSR count). The number of H-pyrrole nitrogens is 1. The Balaban J connectivity index is 1.12. The van der Waals surface area contributed by atoms with Gasteiger partial charge in [0.25, 0.3) is 5.91 Å². The number of aromatic amines is 1. The highest BCUT2D eigenvalue weighted by Crippen LogP contribution is 2.48. The summed E-state index contributed by atoms with van der Waals surface area (Å²) in [5.41, 5.74) is 2.72. The fourth-order valence-electron chi connectivity index (χ4n) is 5.60. The third-order valence-electron chi connectivity index (χ3n) is 7.16. The molecule has 2 N–H and O–H groups in total. The highest BCUT2D eigenvalue weighted by atomic mass is 32.1. The van der Waals surface area contributed by atoms with Crippen LogP contribution in [-0.2, 0) is 18.3 Å². The Morgan fingerprint density at radius 2 is 2.22 bits per heavy atom. The summed E-state index contributed by atoms with van der Waals surface area (Å²) in [5, 5.41) is 7.18. The lowest BCUT2D eigenvalue weighted by Gasteiger charge is -2.45. The molecule has 1 aliphatic carbocycles. The van der Waals surface area contributed by atoms with Crippen molar-refractivity contribution >= 4 is 45.1 Å². The van der Waals surface area contributed by atoms with Crippen molar-refractivity contribution in [3.05, 3.63) is 52.6 Å². The molecule has 2 amide bonds. The molecule has 7 nitrogen and oxygen atoms in total. The molecule has 0 bridgehead atoms. The van der Waals surface area contributed by atoms with Gasteiger partial charge in [0.2, 0.25) is 5.91 Å². The second-order valence-electron chi connectivity index (χ2n) is 9.30. The molecule has 0 atom stereocenters. The van der Waals surface area contributed by atoms with Crippen LogP contribution in [0.25, 0.3) is 21.9 Å². The van der Waals surface area contributed by atoms with Crippen molar-refractivity contribution in [3.8, 4) is 0 Å². The molecule has 1 spiro atoms. The summed E-state index contributed by atoms with van der Waals surface area (Å²) >= 11 is 1.62. The Morgan fingerprint density at radius 1 is 1.34 bits per heavy atom. The van der Waals surface area contributed by atoms with E-state index in [1.165, 1.54) is 0 Å². The van der Waals surface area contributed by atoms with Gasteiger partial charge < -0.3 is 19.8 Å². The third-order valence-corrected chi connectivity index (χ3v) is 8.04. The molecule has 2 aliphatic rings. The highest BCUT2D eigenvalue weighted by Gasteiger charge is 2.50. The molecule has 1 aliphatic heterocycles. The highest BCUT2D eigenvalue weighted by molar-refractivity contribution is 7.10. The average Bonchev–Trinajstić information content (AvgIpc) is 3.53. The van der Waals surface area contributed by atoms with Gasteiger partial charge in [-0.05, 0) is 48.3 Å². The quantitative estimate of drug-likeness (QED) is 0.503. The normalized spacial score (nSPS) is 22.7. The number of rotatable bonds is 4. The van der Waals surface area contributed by atoms with E-state index >= 15 is 0 Å². The van der Waals surface area contributed by atoms with Crippen LogP contribution in [-0.4, -0.2) is 50.4 Å². The zero-order valence-corrected chi connectivity index (χ0v) is 18.7. The largest absolute Gasteiger partial charge is 0.353 e. The number of fused-ring (bicyclic) bond motifs is 3. The van der Waals surface area contributed by atoms with E-state index in [0.29, 0.717) is 12.1 Å². The number of nitrogens with one attached hydrogen (secondary N) is 2. The molecule has 1 saturated heterocycles. The molecular weight excluding hydrogens is 422 g/mol. The molecule has 0 aromatic carbocycles. The second kappa shape index (κ2) is 7.20. The molecule has 4 aromatic heterocycles. The fraction of sp³-hybridized carbons (Fsp3) is 0.375. The summed E-state index contributed by atoms with van der Waals surface area (Å²) in [6, 6.07) is 8.16. The lowest BCUT2D eigenvalue weighted by Crippen LogP contribution is -2.52. The van der Waals surface area contributed by atoms with Gasteiger partial charge >= 0.3 is 0 Å². The van der Waals surface area contributed by atoms with E-state index in [1.54, 1.807) is 11.3 Å². The van der Waals surface area contributed by atoms with Crippen LogP contribution in [0.1, 0.15) is 34.6 Å². The number of likely N-dealkylation sites (tertiary alicyclic amines) is 1. The molecule has 0 unspecified atom stereocenters. The van der Waals surface area contributed by atoms with Crippen molar-refractivity contribution in [1.29, 1.82) is 0 Å². The Morgan fingerprint density at radius 3 is 3.03 bits per heavy atom. The Bertz CT molecular complexity index is 1330. The van der Waals surface area contributed by atoms with Crippen LogP contribution in [0.5, 0.6) is 0 Å². The number of amides is 2. The fourth-order valence-corrected chi connectivity index (χ4v) is 6.30. The number of hydrogen-bond donors (Lipinski definition) is 2. The van der Waals surface area contributed by atoms with Crippen molar-refractivity contribution in [2.45, 2.75) is 31.7 Å². The minimum atomic E-state index is 0.0782. The van der Waals surface area contributed by atoms with E-state index in [-0.39, 0.29) is 23.3 Å². The summed E-state index contributed by atoms with van der Waals surface area (Å²) in [6.45, 7) is 1.54. The van der Waals surface area contributed by atoms with Gasteiger partial charge in [-0.3, -0.25) is 9.59 Å². The van der Waals surface area contributed by atoms with Crippen molar-refractivity contribution in [3.63, 3.8) is 0 Å². The van der Waals surface area contributed by atoms with Crippen LogP contribution in [0.15, 0.2) is 42.0 Å². The Labute approximate surface area is 189 Å². The molecular formula is C24H25N5O2S. The molecule has 0 radical (unpaired) electrons. The van der Waals surface area contributed by atoms with E-state index in [1.807, 2.05) is 58.6 Å². The molecule has 2 fully saturated rings. The number of thiophene rings is 1. The first-order valence-corrected chi connectivity index (χ1v) is 11.9. The maximum Gasteiger partial charge on any atom is 0.270 e. The van der Waals surface area contributed by atoms with Crippen LogP contribution >= 0.6 is 11.3 Å². The topological polar surface area (TPSA) is 83.0 Å². The van der Waals surface area contributed by atoms with Gasteiger partial charge in [0.1, 0.15) is 11.3 Å². The average molecular weight is 448 g/mol. The van der Waals surface area contributed by atoms with Gasteiger partial charge in [0.05, 0.1) is 11.9 Å². The van der Waals surface area contributed by atoms with Crippen LogP contribution < -0.4 is 5.32 Å². The van der Waals surface area contributed by atoms with Crippen LogP contribution in [0.2, 0.25) is 0 Å². The first kappa shape index (κ1) is 19.5. The first-order chi connectivity index (χ1) is 15.5. The van der Waals surface area contributed by atoms with Gasteiger partial charge in [-0.1, -0.05) is 6.07 Å². The van der Waals surface area contributed by atoms with Crippen LogP contribution in [0.4, 0.5) is 0 Å². The van der Waals surface area contributed by atoms with E-state index in [4.69, 9.17) is 0 Å². The summed E-state index contributed by atoms with van der Waals surface area (Å²) < 4.78 is 1.99. The number of aryl methyl sites for hydroxylation is 1. The van der Waals surface area contributed by atoms with E-state index < -0.39 is 0 Å². The molecule has 32 heavy (non-hydrogen) atoms. The maximum atomic E-state index is 13.4. The Kier molecular flexibility index (Phi) is 4.40. The lowest BCUT2D eigenvalue weighted by atomic mass is 9.65. The number of nitrogens with zero attached hydrogens (tertiary/aromatic N) is 3. The van der Waals surface area contributed by atoms with Crippen LogP contribution in [0.3, 0.4) is 0 Å².